The van der Waals surface area contributed by atoms with Gasteiger partial charge in [-0.3, -0.25) is 0 Å². The van der Waals surface area contributed by atoms with Crippen molar-refractivity contribution >= 4 is 44.5 Å². The number of rotatable bonds is 5. The van der Waals surface area contributed by atoms with Crippen LogP contribution in [0.15, 0.2) is 0 Å². The summed E-state index contributed by atoms with van der Waals surface area (Å²) in [6.45, 7) is 2.72. The van der Waals surface area contributed by atoms with Gasteiger partial charge in [0.2, 0.25) is 0 Å². The summed E-state index contributed by atoms with van der Waals surface area (Å²) in [5.41, 5.74) is -1.47. The number of carbonyl (C=O) groups excluding carboxylic acids is 3. The summed E-state index contributed by atoms with van der Waals surface area (Å²) in [5, 5.41) is -4.56. The zero-order valence-corrected chi connectivity index (χ0v) is 15.8. The molecule has 144 valence electrons. The van der Waals surface area contributed by atoms with Gasteiger partial charge < -0.3 is 0 Å². The Morgan fingerprint density at radius 2 is 1.56 bits per heavy atom. The van der Waals surface area contributed by atoms with Crippen LogP contribution >= 0.6 is 11.6 Å². The Hall–Kier alpha value is -1.03. The molecule has 25 heavy (non-hydrogen) atoms. The molecule has 0 N–H and O–H groups in total. The maximum absolute atomic E-state index is 12.9. The monoisotopic (exact) mass is 456 g/mol. The van der Waals surface area contributed by atoms with E-state index in [1.165, 1.54) is 0 Å². The van der Waals surface area contributed by atoms with Crippen LogP contribution in [0.3, 0.4) is 0 Å². The molecule has 0 aromatic heterocycles. The molecular weight excluding hydrogens is 440 g/mol. The molecule has 7 nitrogen and oxygen atoms in total. The number of carbonyl (C=O) groups is 3. The van der Waals surface area contributed by atoms with E-state index in [0.29, 0.717) is 0 Å². The van der Waals surface area contributed by atoms with Crippen molar-refractivity contribution in [2.24, 2.45) is 0 Å². The minimum atomic E-state index is -4.56. The molecule has 0 radical (unpaired) electrons. The van der Waals surface area contributed by atoms with Gasteiger partial charge in [-0.1, -0.05) is 0 Å². The van der Waals surface area contributed by atoms with Gasteiger partial charge in [-0.15, -0.1) is 0 Å². The van der Waals surface area contributed by atoms with Crippen molar-refractivity contribution in [3.8, 4) is 0 Å². The van der Waals surface area contributed by atoms with Gasteiger partial charge in [0.05, 0.1) is 0 Å². The predicted molar refractivity (Wildman–Crippen MR) is 77.8 cm³/mol. The zero-order chi connectivity index (χ0) is 19.4. The van der Waals surface area contributed by atoms with Gasteiger partial charge in [0.1, 0.15) is 0 Å². The first-order valence-electron chi connectivity index (χ1n) is 6.92. The fourth-order valence-electron chi connectivity index (χ4n) is 2.14. The molecule has 1 aliphatic heterocycles. The molecule has 1 aliphatic rings. The van der Waals surface area contributed by atoms with Gasteiger partial charge in [0, 0.05) is 0 Å². The first kappa shape index (κ1) is 22.0. The first-order valence-corrected chi connectivity index (χ1v) is 9.20. The number of alkyl halides is 4. The molecule has 0 unspecified atom stereocenters. The summed E-state index contributed by atoms with van der Waals surface area (Å²) in [6.07, 6.45) is -4.07. The zero-order valence-electron chi connectivity index (χ0n) is 13.4. The number of hydrogen-bond acceptors (Lipinski definition) is 7. The van der Waals surface area contributed by atoms with E-state index >= 15 is 0 Å². The normalized spacial score (nSPS) is 29.6. The minimum absolute atomic E-state index is 0.431. The van der Waals surface area contributed by atoms with Gasteiger partial charge in [0.25, 0.3) is 0 Å². The van der Waals surface area contributed by atoms with Crippen LogP contribution in [0.4, 0.5) is 13.2 Å². The van der Waals surface area contributed by atoms with E-state index in [4.69, 9.17) is 30.5 Å². The van der Waals surface area contributed by atoms with Gasteiger partial charge in [-0.25, -0.2) is 0 Å². The van der Waals surface area contributed by atoms with Gasteiger partial charge in [-0.05, 0) is 0 Å². The average Bonchev–Trinajstić information content (AvgIpc) is 2.41. The summed E-state index contributed by atoms with van der Waals surface area (Å²) in [4.78, 5) is 32.2. The van der Waals surface area contributed by atoms with E-state index in [1.807, 2.05) is 0 Å². The van der Waals surface area contributed by atoms with Crippen LogP contribution in [0.25, 0.3) is 0 Å². The van der Waals surface area contributed by atoms with Gasteiger partial charge >= 0.3 is 152 Å². The molecule has 1 heterocycles. The van der Waals surface area contributed by atoms with Crippen molar-refractivity contribution in [3.63, 3.8) is 0 Å². The Balaban J connectivity index is 3.14. The van der Waals surface area contributed by atoms with E-state index < -0.39 is 73.2 Å². The molecule has 12 heteroatoms. The predicted octanol–water partition coefficient (Wildman–Crippen LogP) is 1.39. The van der Waals surface area contributed by atoms with E-state index in [2.05, 4.69) is 0 Å². The number of hydrogen-bond donors (Lipinski definition) is 0. The van der Waals surface area contributed by atoms with Crippen molar-refractivity contribution in [2.45, 2.75) is 54.5 Å². The molecule has 5 atom stereocenters. The second-order valence-electron chi connectivity index (χ2n) is 5.00. The van der Waals surface area contributed by atoms with Crippen LogP contribution < -0.4 is 0 Å². The van der Waals surface area contributed by atoms with E-state index in [9.17, 15) is 27.6 Å². The molecule has 1 saturated heterocycles. The number of esters is 3. The molecule has 0 bridgehead atoms. The van der Waals surface area contributed by atoms with Crippen molar-refractivity contribution in [1.82, 2.24) is 0 Å². The number of halogens is 4. The van der Waals surface area contributed by atoms with Gasteiger partial charge in [-0.2, -0.15) is 0 Å². The second-order valence-corrected chi connectivity index (χ2v) is 8.04. The molecule has 0 aromatic carbocycles. The molecule has 0 amide bonds. The van der Waals surface area contributed by atoms with Crippen LogP contribution in [0, 0.1) is 0 Å². The van der Waals surface area contributed by atoms with Crippen LogP contribution in [0.2, 0.25) is 4.82 Å². The molecule has 0 aliphatic carbocycles. The third-order valence-corrected chi connectivity index (χ3v) is 5.83. The van der Waals surface area contributed by atoms with Crippen LogP contribution in [0.5, 0.6) is 0 Å². The third-order valence-electron chi connectivity index (χ3n) is 2.90. The maximum atomic E-state index is 12.9. The van der Waals surface area contributed by atoms with E-state index in [1.54, 1.807) is 0 Å². The standard InChI is InChI=1S/C13H16ClF3O7Se/c1-5(18)21-4-8-9(22-6(2)19)10(23-7(3)20)11(12(14)24-8)25-13(15,16)17/h8-12H,4H2,1-3H3/t8-,9-,10+,11-,12-/m1/s1. The molecule has 1 fully saturated rings. The van der Waals surface area contributed by atoms with Crippen LogP contribution in [-0.4, -0.2) is 68.4 Å². The fraction of sp³-hybridized carbons (Fsp3) is 0.769. The summed E-state index contributed by atoms with van der Waals surface area (Å²) < 4.78 is 58.6. The summed E-state index contributed by atoms with van der Waals surface area (Å²) in [5.74, 6) is -2.38. The average molecular weight is 456 g/mol. The Labute approximate surface area is 152 Å². The third kappa shape index (κ3) is 7.39. The molecular formula is C13H16ClF3O7Se. The van der Waals surface area contributed by atoms with E-state index in [0.717, 1.165) is 20.8 Å². The fourth-order valence-corrected chi connectivity index (χ4v) is 4.41. The van der Waals surface area contributed by atoms with E-state index in [-0.39, 0.29) is 0 Å². The second kappa shape index (κ2) is 9.07. The topological polar surface area (TPSA) is 88.1 Å². The van der Waals surface area contributed by atoms with Gasteiger partial charge in [0.15, 0.2) is 0 Å². The molecule has 1 rings (SSSR count). The van der Waals surface area contributed by atoms with Crippen molar-refractivity contribution in [1.29, 1.82) is 0 Å². The number of ether oxygens (including phenoxy) is 4. The molecule has 0 saturated carbocycles. The van der Waals surface area contributed by atoms with Crippen molar-refractivity contribution in [2.75, 3.05) is 6.61 Å². The van der Waals surface area contributed by atoms with Crippen molar-refractivity contribution in [3.05, 3.63) is 0 Å². The van der Waals surface area contributed by atoms with Crippen LogP contribution in [0.1, 0.15) is 20.8 Å². The Morgan fingerprint density at radius 3 is 2.00 bits per heavy atom. The Kier molecular flexibility index (Phi) is 7.98. The van der Waals surface area contributed by atoms with Crippen LogP contribution in [-0.2, 0) is 33.3 Å². The summed E-state index contributed by atoms with van der Waals surface area (Å²) in [6, 6.07) is 0. The quantitative estimate of drug-likeness (QED) is 0.268. The Morgan fingerprint density at radius 1 is 1.04 bits per heavy atom. The summed E-state index contributed by atoms with van der Waals surface area (Å²) >= 11 is 3.82. The SMILES string of the molecule is CC(=O)OC[C@H]1O[C@@H](Cl)[C@H]([Se]C(F)(F)F)[C@@H](OC(C)=O)[C@@H]1OC(C)=O. The summed E-state index contributed by atoms with van der Waals surface area (Å²) in [7, 11) is 0. The van der Waals surface area contributed by atoms with Crippen molar-refractivity contribution < 1.29 is 46.5 Å². The Bertz CT molecular complexity index is 516. The first-order chi connectivity index (χ1) is 11.4. The molecule has 0 aromatic rings. The molecule has 0 spiro atoms.